The van der Waals surface area contributed by atoms with Crippen molar-refractivity contribution < 1.29 is 0 Å². The Balaban J connectivity index is 1.09. The first-order valence-electron chi connectivity index (χ1n) is 15.2. The highest BCUT2D eigenvalue weighted by molar-refractivity contribution is 5.76. The molecule has 2 unspecified atom stereocenters. The molecule has 6 heteroatoms. The van der Waals surface area contributed by atoms with Crippen LogP contribution >= 0.6 is 0 Å². The van der Waals surface area contributed by atoms with Crippen LogP contribution in [0.15, 0.2) is 134 Å². The summed E-state index contributed by atoms with van der Waals surface area (Å²) in [6, 6.07) is 36.1. The molecule has 1 N–H and O–H groups in total. The van der Waals surface area contributed by atoms with Gasteiger partial charge in [0.25, 0.3) is 0 Å². The molecule has 3 aromatic carbocycles. The molecule has 0 aliphatic heterocycles. The minimum Gasteiger partial charge on any atom is -0.348 e. The first kappa shape index (κ1) is 27.5. The summed E-state index contributed by atoms with van der Waals surface area (Å²) in [5.41, 5.74) is 11.1. The first-order chi connectivity index (χ1) is 21.8. The van der Waals surface area contributed by atoms with Crippen molar-refractivity contribution in [3.05, 3.63) is 157 Å². The first-order valence-corrected chi connectivity index (χ1v) is 15.2. The maximum absolute atomic E-state index is 4.83. The van der Waals surface area contributed by atoms with Crippen molar-refractivity contribution in [3.8, 4) is 22.5 Å². The van der Waals surface area contributed by atoms with Crippen molar-refractivity contribution in [2.75, 3.05) is 0 Å². The summed E-state index contributed by atoms with van der Waals surface area (Å²) in [6.45, 7) is 2.22. The normalized spacial score (nSPS) is 12.8. The van der Waals surface area contributed by atoms with Crippen molar-refractivity contribution in [3.63, 3.8) is 0 Å². The quantitative estimate of drug-likeness (QED) is 0.177. The Morgan fingerprint density at radius 1 is 0.705 bits per heavy atom. The van der Waals surface area contributed by atoms with Gasteiger partial charge in [-0.3, -0.25) is 9.97 Å². The molecule has 0 amide bonds. The Kier molecular flexibility index (Phi) is 7.79. The lowest BCUT2D eigenvalue weighted by Gasteiger charge is -2.19. The van der Waals surface area contributed by atoms with E-state index in [0.717, 1.165) is 58.5 Å². The van der Waals surface area contributed by atoms with E-state index in [1.54, 1.807) is 6.33 Å². The molecule has 216 valence electrons. The van der Waals surface area contributed by atoms with Crippen LogP contribution in [0.3, 0.4) is 0 Å². The van der Waals surface area contributed by atoms with Gasteiger partial charge in [-0.05, 0) is 60.2 Å². The summed E-state index contributed by atoms with van der Waals surface area (Å²) >= 11 is 0. The SMILES string of the molecule is CCC(c1ccc(-c2ccccc2)nc1)n1cnc2cc(CCC(c3ccc(-c4ccccc4)nc3)c3cnc[nH]3)ccc21. The van der Waals surface area contributed by atoms with Crippen molar-refractivity contribution in [1.29, 1.82) is 0 Å². The Bertz CT molecular complexity index is 1930. The van der Waals surface area contributed by atoms with Gasteiger partial charge in [0, 0.05) is 41.3 Å². The molecule has 4 aromatic heterocycles. The van der Waals surface area contributed by atoms with E-state index in [1.165, 1.54) is 16.7 Å². The van der Waals surface area contributed by atoms with E-state index in [2.05, 4.69) is 88.2 Å². The summed E-state index contributed by atoms with van der Waals surface area (Å²) in [5, 5.41) is 0. The predicted octanol–water partition coefficient (Wildman–Crippen LogP) is 8.65. The van der Waals surface area contributed by atoms with Gasteiger partial charge >= 0.3 is 0 Å². The maximum Gasteiger partial charge on any atom is 0.0964 e. The minimum absolute atomic E-state index is 0.166. The number of hydrogen-bond acceptors (Lipinski definition) is 4. The standard InChI is InChI=1S/C38H34N6/c1-2-37(31-16-19-34(41-23-31)29-11-7-4-8-12-29)44-26-43-35-21-27(14-20-38(35)44)13-17-32(36-24-39-25-42-36)30-15-18-33(40-22-30)28-9-5-3-6-10-28/h3-12,14-16,18-26,32,37H,2,13,17H2,1H3,(H,39,42). The maximum atomic E-state index is 4.83. The van der Waals surface area contributed by atoms with Gasteiger partial charge in [-0.2, -0.15) is 0 Å². The Morgan fingerprint density at radius 3 is 1.98 bits per heavy atom. The zero-order chi connectivity index (χ0) is 29.7. The average molecular weight is 575 g/mol. The van der Waals surface area contributed by atoms with Crippen LogP contribution in [0, 0.1) is 0 Å². The van der Waals surface area contributed by atoms with E-state index >= 15 is 0 Å². The molecule has 0 saturated heterocycles. The molecule has 4 heterocycles. The number of benzene rings is 3. The Labute approximate surface area is 257 Å². The van der Waals surface area contributed by atoms with Crippen LogP contribution in [-0.2, 0) is 6.42 Å². The van der Waals surface area contributed by atoms with E-state index in [4.69, 9.17) is 15.0 Å². The van der Waals surface area contributed by atoms with E-state index in [0.29, 0.717) is 0 Å². The third-order valence-corrected chi connectivity index (χ3v) is 8.48. The summed E-state index contributed by atoms with van der Waals surface area (Å²) in [4.78, 5) is 22.1. The van der Waals surface area contributed by atoms with Crippen LogP contribution in [0.4, 0.5) is 0 Å². The second kappa shape index (κ2) is 12.5. The van der Waals surface area contributed by atoms with Crippen LogP contribution in [-0.4, -0.2) is 29.5 Å². The number of aromatic amines is 1. The van der Waals surface area contributed by atoms with E-state index in [9.17, 15) is 0 Å². The summed E-state index contributed by atoms with van der Waals surface area (Å²) in [5.74, 6) is 0.166. The van der Waals surface area contributed by atoms with Gasteiger partial charge in [0.1, 0.15) is 0 Å². The predicted molar refractivity (Wildman–Crippen MR) is 176 cm³/mol. The molecule has 6 nitrogen and oxygen atoms in total. The van der Waals surface area contributed by atoms with E-state index in [-0.39, 0.29) is 12.0 Å². The second-order valence-electron chi connectivity index (χ2n) is 11.2. The number of aryl methyl sites for hydroxylation is 1. The minimum atomic E-state index is 0.166. The van der Waals surface area contributed by atoms with Gasteiger partial charge in [0.2, 0.25) is 0 Å². The monoisotopic (exact) mass is 574 g/mol. The lowest BCUT2D eigenvalue weighted by atomic mass is 9.90. The average Bonchev–Trinajstić information content (AvgIpc) is 3.78. The number of nitrogens with zero attached hydrogens (tertiary/aromatic N) is 5. The van der Waals surface area contributed by atoms with E-state index < -0.39 is 0 Å². The number of H-pyrrole nitrogens is 1. The lowest BCUT2D eigenvalue weighted by Crippen LogP contribution is -2.09. The molecule has 7 aromatic rings. The number of rotatable bonds is 10. The van der Waals surface area contributed by atoms with Crippen LogP contribution in [0.1, 0.15) is 54.1 Å². The van der Waals surface area contributed by atoms with Gasteiger partial charge in [-0.15, -0.1) is 0 Å². The van der Waals surface area contributed by atoms with Crippen LogP contribution in [0.2, 0.25) is 0 Å². The lowest BCUT2D eigenvalue weighted by molar-refractivity contribution is 0.579. The fraction of sp³-hybridized carbons (Fsp3) is 0.158. The number of nitrogens with one attached hydrogen (secondary N) is 1. The molecule has 0 radical (unpaired) electrons. The molecule has 0 fully saturated rings. The van der Waals surface area contributed by atoms with Crippen LogP contribution in [0.5, 0.6) is 0 Å². The Morgan fingerprint density at radius 2 is 1.39 bits per heavy atom. The highest BCUT2D eigenvalue weighted by Crippen LogP contribution is 2.31. The summed E-state index contributed by atoms with van der Waals surface area (Å²) in [6.07, 6.45) is 12.4. The van der Waals surface area contributed by atoms with Crippen molar-refractivity contribution in [2.45, 2.75) is 38.1 Å². The van der Waals surface area contributed by atoms with E-state index in [1.807, 2.05) is 61.3 Å². The molecule has 2 atom stereocenters. The fourth-order valence-corrected chi connectivity index (χ4v) is 6.12. The van der Waals surface area contributed by atoms with Crippen molar-refractivity contribution in [1.82, 2.24) is 29.5 Å². The zero-order valence-corrected chi connectivity index (χ0v) is 24.7. The summed E-state index contributed by atoms with van der Waals surface area (Å²) < 4.78 is 2.28. The van der Waals surface area contributed by atoms with Crippen LogP contribution in [0.25, 0.3) is 33.5 Å². The zero-order valence-electron chi connectivity index (χ0n) is 24.7. The highest BCUT2D eigenvalue weighted by atomic mass is 15.1. The molecule has 0 spiro atoms. The Hall–Kier alpha value is -5.36. The topological polar surface area (TPSA) is 72.3 Å². The molecule has 0 aliphatic carbocycles. The second-order valence-corrected chi connectivity index (χ2v) is 11.2. The molecule has 44 heavy (non-hydrogen) atoms. The smallest absolute Gasteiger partial charge is 0.0964 e. The third kappa shape index (κ3) is 5.66. The number of fused-ring (bicyclic) bond motifs is 1. The molecular formula is C38H34N6. The molecule has 0 saturated carbocycles. The third-order valence-electron chi connectivity index (χ3n) is 8.48. The highest BCUT2D eigenvalue weighted by Gasteiger charge is 2.19. The number of imidazole rings is 2. The molecular weight excluding hydrogens is 540 g/mol. The van der Waals surface area contributed by atoms with Gasteiger partial charge in [-0.1, -0.05) is 85.8 Å². The fourth-order valence-electron chi connectivity index (χ4n) is 6.12. The number of pyridine rings is 2. The van der Waals surface area contributed by atoms with Gasteiger partial charge < -0.3 is 9.55 Å². The van der Waals surface area contributed by atoms with Crippen molar-refractivity contribution in [2.24, 2.45) is 0 Å². The largest absolute Gasteiger partial charge is 0.348 e. The van der Waals surface area contributed by atoms with Gasteiger partial charge in [0.15, 0.2) is 0 Å². The number of hydrogen-bond donors (Lipinski definition) is 1. The van der Waals surface area contributed by atoms with Crippen LogP contribution < -0.4 is 0 Å². The summed E-state index contributed by atoms with van der Waals surface area (Å²) in [7, 11) is 0. The molecule has 0 aliphatic rings. The van der Waals surface area contributed by atoms with Gasteiger partial charge in [0.05, 0.1) is 41.1 Å². The molecule has 7 rings (SSSR count). The van der Waals surface area contributed by atoms with Gasteiger partial charge in [-0.25, -0.2) is 9.97 Å². The number of aromatic nitrogens is 6. The van der Waals surface area contributed by atoms with Crippen molar-refractivity contribution >= 4 is 11.0 Å². The molecule has 0 bridgehead atoms.